The molecule has 0 spiro atoms. The van der Waals surface area contributed by atoms with Crippen LogP contribution in [0.2, 0.25) is 0 Å². The lowest BCUT2D eigenvalue weighted by Gasteiger charge is -2.03. The summed E-state index contributed by atoms with van der Waals surface area (Å²) in [6, 6.07) is 0. The van der Waals surface area contributed by atoms with Crippen LogP contribution in [-0.4, -0.2) is 22.3 Å². The van der Waals surface area contributed by atoms with Crippen molar-refractivity contribution in [2.24, 2.45) is 0 Å². The van der Waals surface area contributed by atoms with Gasteiger partial charge in [-0.05, 0) is 26.0 Å². The lowest BCUT2D eigenvalue weighted by atomic mass is 9.96. The molecule has 0 saturated heterocycles. The smallest absolute Gasteiger partial charge is 0.202 e. The van der Waals surface area contributed by atoms with Gasteiger partial charge in [0.1, 0.15) is 0 Å². The van der Waals surface area contributed by atoms with Crippen LogP contribution in [-0.2, 0) is 0 Å². The summed E-state index contributed by atoms with van der Waals surface area (Å²) in [5, 5.41) is 0. The van der Waals surface area contributed by atoms with Gasteiger partial charge in [-0.15, -0.1) is 0 Å². The maximum Gasteiger partial charge on any atom is 0.202 e. The van der Waals surface area contributed by atoms with Crippen LogP contribution < -0.4 is 0 Å². The molecule has 1 aliphatic carbocycles. The largest absolute Gasteiger partial charge is 0.355 e. The molecular weight excluding hydrogens is 194 g/mol. The van der Waals surface area contributed by atoms with E-state index < -0.39 is 0 Å². The average Bonchev–Trinajstić information content (AvgIpc) is 2.50. The first-order chi connectivity index (χ1) is 7.02. The zero-order chi connectivity index (χ0) is 11.2. The van der Waals surface area contributed by atoms with Crippen molar-refractivity contribution in [2.75, 3.05) is 0 Å². The Morgan fingerprint density at radius 2 is 1.80 bits per heavy atom. The molecule has 4 heteroatoms. The molecule has 4 nitrogen and oxygen atoms in total. The SMILES string of the molecule is CC(=O)c1c(C)[nH]c2c1C(=O)C=CC2=O. The third kappa shape index (κ3) is 1.26. The molecule has 0 saturated carbocycles. The number of allylic oxidation sites excluding steroid dienone is 2. The maximum atomic E-state index is 11.6. The van der Waals surface area contributed by atoms with Gasteiger partial charge in [0.05, 0.1) is 11.3 Å². The summed E-state index contributed by atoms with van der Waals surface area (Å²) in [6.45, 7) is 3.06. The zero-order valence-electron chi connectivity index (χ0n) is 8.38. The summed E-state index contributed by atoms with van der Waals surface area (Å²) in [4.78, 5) is 37.1. The molecule has 0 radical (unpaired) electrons. The monoisotopic (exact) mass is 203 g/mol. The molecule has 1 aromatic rings. The van der Waals surface area contributed by atoms with E-state index in [1.807, 2.05) is 0 Å². The van der Waals surface area contributed by atoms with Crippen LogP contribution in [0.3, 0.4) is 0 Å². The number of H-pyrrole nitrogens is 1. The van der Waals surface area contributed by atoms with E-state index in [0.29, 0.717) is 11.3 Å². The predicted molar refractivity (Wildman–Crippen MR) is 53.3 cm³/mol. The third-order valence-electron chi connectivity index (χ3n) is 2.42. The van der Waals surface area contributed by atoms with Gasteiger partial charge in [0.2, 0.25) is 5.78 Å². The number of nitrogens with one attached hydrogen (secondary N) is 1. The molecule has 76 valence electrons. The lowest BCUT2D eigenvalue weighted by molar-refractivity contribution is 0.0979. The van der Waals surface area contributed by atoms with Gasteiger partial charge in [-0.2, -0.15) is 0 Å². The number of Topliss-reactive ketones (excluding diaryl/α,β-unsaturated/α-hetero) is 1. The Morgan fingerprint density at radius 1 is 1.20 bits per heavy atom. The Bertz CT molecular complexity index is 520. The quantitative estimate of drug-likeness (QED) is 0.702. The van der Waals surface area contributed by atoms with Crippen LogP contribution in [0.4, 0.5) is 0 Å². The van der Waals surface area contributed by atoms with Crippen molar-refractivity contribution in [2.45, 2.75) is 13.8 Å². The fourth-order valence-electron chi connectivity index (χ4n) is 1.81. The van der Waals surface area contributed by atoms with E-state index in [1.165, 1.54) is 19.1 Å². The van der Waals surface area contributed by atoms with Crippen molar-refractivity contribution in [1.82, 2.24) is 4.98 Å². The fourth-order valence-corrected chi connectivity index (χ4v) is 1.81. The molecule has 1 aromatic heterocycles. The van der Waals surface area contributed by atoms with Gasteiger partial charge in [-0.1, -0.05) is 0 Å². The molecule has 1 heterocycles. The molecule has 0 aliphatic heterocycles. The van der Waals surface area contributed by atoms with Crippen molar-refractivity contribution in [3.63, 3.8) is 0 Å². The van der Waals surface area contributed by atoms with Gasteiger partial charge in [0.25, 0.3) is 0 Å². The maximum absolute atomic E-state index is 11.6. The van der Waals surface area contributed by atoms with E-state index in [4.69, 9.17) is 0 Å². The normalized spacial score (nSPS) is 14.3. The standard InChI is InChI=1S/C11H9NO3/c1-5-9(6(2)13)10-7(14)3-4-8(15)11(10)12-5/h3-4,12H,1-2H3. The number of aromatic nitrogens is 1. The summed E-state index contributed by atoms with van der Waals surface area (Å²) >= 11 is 0. The Hall–Kier alpha value is -1.97. The number of carbonyl (C=O) groups excluding carboxylic acids is 3. The molecule has 15 heavy (non-hydrogen) atoms. The topological polar surface area (TPSA) is 67.0 Å². The first-order valence-electron chi connectivity index (χ1n) is 4.52. The van der Waals surface area contributed by atoms with E-state index in [9.17, 15) is 14.4 Å². The molecule has 0 fully saturated rings. The minimum atomic E-state index is -0.292. The predicted octanol–water partition coefficient (Wildman–Crippen LogP) is 1.46. The second-order valence-electron chi connectivity index (χ2n) is 3.49. The van der Waals surface area contributed by atoms with E-state index >= 15 is 0 Å². The highest BCUT2D eigenvalue weighted by Gasteiger charge is 2.28. The third-order valence-corrected chi connectivity index (χ3v) is 2.42. The number of carbonyl (C=O) groups is 3. The van der Waals surface area contributed by atoms with Crippen molar-refractivity contribution < 1.29 is 14.4 Å². The van der Waals surface area contributed by atoms with Crippen LogP contribution in [0.15, 0.2) is 12.2 Å². The van der Waals surface area contributed by atoms with Crippen LogP contribution in [0.5, 0.6) is 0 Å². The van der Waals surface area contributed by atoms with E-state index in [1.54, 1.807) is 6.92 Å². The number of aryl methyl sites for hydroxylation is 1. The van der Waals surface area contributed by atoms with Crippen LogP contribution in [0.25, 0.3) is 0 Å². The highest BCUT2D eigenvalue weighted by molar-refractivity contribution is 6.25. The molecule has 1 aliphatic rings. The second kappa shape index (κ2) is 3.02. The highest BCUT2D eigenvalue weighted by atomic mass is 16.1. The number of ketones is 3. The lowest BCUT2D eigenvalue weighted by Crippen LogP contribution is -2.12. The summed E-state index contributed by atoms with van der Waals surface area (Å²) in [6.07, 6.45) is 2.41. The van der Waals surface area contributed by atoms with E-state index in [2.05, 4.69) is 4.98 Å². The molecular formula is C11H9NO3. The van der Waals surface area contributed by atoms with Crippen LogP contribution in [0.1, 0.15) is 43.8 Å². The van der Waals surface area contributed by atoms with Crippen molar-refractivity contribution in [3.05, 3.63) is 34.7 Å². The van der Waals surface area contributed by atoms with E-state index in [0.717, 1.165) is 0 Å². The fraction of sp³-hybridized carbons (Fsp3) is 0.182. The Morgan fingerprint density at radius 3 is 2.40 bits per heavy atom. The van der Waals surface area contributed by atoms with Crippen LogP contribution >= 0.6 is 0 Å². The minimum Gasteiger partial charge on any atom is -0.355 e. The van der Waals surface area contributed by atoms with Gasteiger partial charge in [-0.25, -0.2) is 0 Å². The van der Waals surface area contributed by atoms with Crippen molar-refractivity contribution in [1.29, 1.82) is 0 Å². The van der Waals surface area contributed by atoms with Gasteiger partial charge >= 0.3 is 0 Å². The number of hydrogen-bond acceptors (Lipinski definition) is 3. The van der Waals surface area contributed by atoms with Gasteiger partial charge < -0.3 is 4.98 Å². The molecule has 0 unspecified atom stereocenters. The molecule has 2 rings (SSSR count). The minimum absolute atomic E-state index is 0.207. The Kier molecular flexibility index (Phi) is 1.93. The van der Waals surface area contributed by atoms with Crippen molar-refractivity contribution in [3.8, 4) is 0 Å². The highest BCUT2D eigenvalue weighted by Crippen LogP contribution is 2.23. The van der Waals surface area contributed by atoms with Crippen molar-refractivity contribution >= 4 is 17.3 Å². The average molecular weight is 203 g/mol. The van der Waals surface area contributed by atoms with Crippen LogP contribution in [0, 0.1) is 6.92 Å². The molecule has 0 amide bonds. The first-order valence-corrected chi connectivity index (χ1v) is 4.52. The second-order valence-corrected chi connectivity index (χ2v) is 3.49. The summed E-state index contributed by atoms with van der Waals surface area (Å²) in [5.74, 6) is -0.763. The molecule has 0 atom stereocenters. The van der Waals surface area contributed by atoms with Gasteiger partial charge in [0.15, 0.2) is 11.6 Å². The molecule has 1 N–H and O–H groups in total. The number of aromatic amines is 1. The summed E-state index contributed by atoms with van der Waals surface area (Å²) in [5.41, 5.74) is 1.34. The first kappa shape index (κ1) is 9.58. The number of fused-ring (bicyclic) bond motifs is 1. The molecule has 0 bridgehead atoms. The summed E-state index contributed by atoms with van der Waals surface area (Å²) in [7, 11) is 0. The number of hydrogen-bond donors (Lipinski definition) is 1. The van der Waals surface area contributed by atoms with E-state index in [-0.39, 0.29) is 28.6 Å². The number of rotatable bonds is 1. The Labute approximate surface area is 86.0 Å². The summed E-state index contributed by atoms with van der Waals surface area (Å²) < 4.78 is 0. The van der Waals surface area contributed by atoms with Gasteiger partial charge in [0, 0.05) is 11.3 Å². The Balaban J connectivity index is 2.78. The van der Waals surface area contributed by atoms with Gasteiger partial charge in [-0.3, -0.25) is 14.4 Å². The molecule has 0 aromatic carbocycles. The zero-order valence-corrected chi connectivity index (χ0v) is 8.38.